The van der Waals surface area contributed by atoms with Gasteiger partial charge in [-0.1, -0.05) is 37.6 Å². The van der Waals surface area contributed by atoms with Gasteiger partial charge >= 0.3 is 0 Å². The Morgan fingerprint density at radius 2 is 2.00 bits per heavy atom. The lowest BCUT2D eigenvalue weighted by Gasteiger charge is -2.17. The Balaban J connectivity index is 2.88. The summed E-state index contributed by atoms with van der Waals surface area (Å²) in [6.07, 6.45) is 2.91. The first-order valence-corrected chi connectivity index (χ1v) is 5.70. The van der Waals surface area contributed by atoms with E-state index in [0.29, 0.717) is 12.3 Å². The van der Waals surface area contributed by atoms with Crippen LogP contribution in [-0.4, -0.2) is 5.78 Å². The van der Waals surface area contributed by atoms with Gasteiger partial charge in [0.15, 0.2) is 0 Å². The molecule has 0 N–H and O–H groups in total. The monoisotopic (exact) mass is 204 g/mol. The van der Waals surface area contributed by atoms with Crippen molar-refractivity contribution >= 4 is 5.78 Å². The minimum absolute atomic E-state index is 0.289. The van der Waals surface area contributed by atoms with Crippen LogP contribution in [0.25, 0.3) is 0 Å². The number of Topliss-reactive ketones (excluding diaryl/α,β-unsaturated/α-hetero) is 1. The average Bonchev–Trinajstić information content (AvgIpc) is 2.17. The molecule has 0 aliphatic carbocycles. The largest absolute Gasteiger partial charge is 0.300 e. The van der Waals surface area contributed by atoms with Crippen molar-refractivity contribution in [2.45, 2.75) is 46.0 Å². The second-order valence-electron chi connectivity index (χ2n) is 4.25. The van der Waals surface area contributed by atoms with Crippen LogP contribution >= 0.6 is 0 Å². The summed E-state index contributed by atoms with van der Waals surface area (Å²) < 4.78 is 0. The first kappa shape index (κ1) is 12.0. The molecule has 1 aromatic rings. The molecule has 1 nitrogen and oxygen atoms in total. The number of benzene rings is 1. The van der Waals surface area contributed by atoms with E-state index < -0.39 is 0 Å². The van der Waals surface area contributed by atoms with Crippen LogP contribution in [-0.2, 0) is 4.79 Å². The van der Waals surface area contributed by atoms with Gasteiger partial charge in [0.1, 0.15) is 5.78 Å². The summed E-state index contributed by atoms with van der Waals surface area (Å²) in [5.41, 5.74) is 2.65. The molecule has 0 aromatic heterocycles. The first-order valence-electron chi connectivity index (χ1n) is 5.70. The Kier molecular flexibility index (Phi) is 4.54. The third-order valence-electron chi connectivity index (χ3n) is 2.80. The number of carbonyl (C=O) groups excluding carboxylic acids is 1. The van der Waals surface area contributed by atoms with Crippen molar-refractivity contribution in [2.75, 3.05) is 0 Å². The van der Waals surface area contributed by atoms with Gasteiger partial charge in [-0.15, -0.1) is 0 Å². The van der Waals surface area contributed by atoms with Crippen LogP contribution in [0.2, 0.25) is 0 Å². The number of hydrogen-bond acceptors (Lipinski definition) is 1. The molecule has 0 fully saturated rings. The number of rotatable bonds is 5. The van der Waals surface area contributed by atoms with Crippen molar-refractivity contribution in [1.82, 2.24) is 0 Å². The van der Waals surface area contributed by atoms with E-state index in [1.807, 2.05) is 0 Å². The van der Waals surface area contributed by atoms with Crippen LogP contribution in [0.15, 0.2) is 24.3 Å². The SMILES string of the molecule is CCCC(CC(C)=O)c1ccccc1C. The predicted octanol–water partition coefficient (Wildman–Crippen LogP) is 3.86. The molecule has 0 aliphatic rings. The van der Waals surface area contributed by atoms with Gasteiger partial charge in [0.2, 0.25) is 0 Å². The van der Waals surface area contributed by atoms with Crippen molar-refractivity contribution in [1.29, 1.82) is 0 Å². The van der Waals surface area contributed by atoms with Crippen molar-refractivity contribution in [2.24, 2.45) is 0 Å². The first-order chi connectivity index (χ1) is 7.15. The molecule has 82 valence electrons. The lowest BCUT2D eigenvalue weighted by Crippen LogP contribution is -2.05. The fraction of sp³-hybridized carbons (Fsp3) is 0.500. The zero-order valence-corrected chi connectivity index (χ0v) is 9.92. The fourth-order valence-corrected chi connectivity index (χ4v) is 2.11. The molecule has 0 heterocycles. The van der Waals surface area contributed by atoms with Gasteiger partial charge in [0.25, 0.3) is 0 Å². The Hall–Kier alpha value is -1.11. The van der Waals surface area contributed by atoms with Gasteiger partial charge in [-0.3, -0.25) is 0 Å². The summed E-state index contributed by atoms with van der Waals surface area (Å²) in [5.74, 6) is 0.699. The molecule has 1 unspecified atom stereocenters. The second-order valence-corrected chi connectivity index (χ2v) is 4.25. The van der Waals surface area contributed by atoms with Crippen LogP contribution in [0.1, 0.15) is 50.2 Å². The molecule has 0 saturated heterocycles. The van der Waals surface area contributed by atoms with E-state index in [9.17, 15) is 4.79 Å². The van der Waals surface area contributed by atoms with Crippen molar-refractivity contribution in [3.8, 4) is 0 Å². The van der Waals surface area contributed by atoms with Crippen LogP contribution in [0.3, 0.4) is 0 Å². The molecular formula is C14H20O. The molecule has 0 amide bonds. The average molecular weight is 204 g/mol. The summed E-state index contributed by atoms with van der Waals surface area (Å²) in [6.45, 7) is 5.98. The van der Waals surface area contributed by atoms with Gasteiger partial charge in [0.05, 0.1) is 0 Å². The van der Waals surface area contributed by atoms with E-state index in [0.717, 1.165) is 12.8 Å². The Bertz CT molecular complexity index is 328. The standard InChI is InChI=1S/C14H20O/c1-4-7-13(10-12(3)15)14-9-6-5-8-11(14)2/h5-6,8-9,13H,4,7,10H2,1-3H3. The molecule has 0 saturated carbocycles. The second kappa shape index (κ2) is 5.69. The van der Waals surface area contributed by atoms with Gasteiger partial charge in [0, 0.05) is 6.42 Å². The molecule has 1 atom stereocenters. The van der Waals surface area contributed by atoms with E-state index in [-0.39, 0.29) is 5.78 Å². The lowest BCUT2D eigenvalue weighted by molar-refractivity contribution is -0.117. The predicted molar refractivity (Wildman–Crippen MR) is 64.1 cm³/mol. The van der Waals surface area contributed by atoms with E-state index in [1.54, 1.807) is 6.92 Å². The lowest BCUT2D eigenvalue weighted by atomic mass is 9.87. The smallest absolute Gasteiger partial charge is 0.130 e. The van der Waals surface area contributed by atoms with Crippen molar-refractivity contribution < 1.29 is 4.79 Å². The maximum Gasteiger partial charge on any atom is 0.130 e. The third-order valence-corrected chi connectivity index (χ3v) is 2.80. The molecule has 15 heavy (non-hydrogen) atoms. The minimum atomic E-state index is 0.289. The van der Waals surface area contributed by atoms with Crippen LogP contribution in [0, 0.1) is 6.92 Å². The highest BCUT2D eigenvalue weighted by atomic mass is 16.1. The normalized spacial score (nSPS) is 12.5. The summed E-state index contributed by atoms with van der Waals surface area (Å²) in [5, 5.41) is 0. The van der Waals surface area contributed by atoms with Gasteiger partial charge in [-0.2, -0.15) is 0 Å². The van der Waals surface area contributed by atoms with Crippen LogP contribution in [0.5, 0.6) is 0 Å². The molecule has 1 heteroatoms. The Morgan fingerprint density at radius 3 is 2.53 bits per heavy atom. The van der Waals surface area contributed by atoms with Crippen molar-refractivity contribution in [3.05, 3.63) is 35.4 Å². The molecule has 0 bridgehead atoms. The van der Waals surface area contributed by atoms with Gasteiger partial charge in [-0.25, -0.2) is 0 Å². The molecular weight excluding hydrogens is 184 g/mol. The van der Waals surface area contributed by atoms with Crippen LogP contribution < -0.4 is 0 Å². The highest BCUT2D eigenvalue weighted by molar-refractivity contribution is 5.76. The summed E-state index contributed by atoms with van der Waals surface area (Å²) in [6, 6.07) is 8.39. The molecule has 1 rings (SSSR count). The maximum atomic E-state index is 11.2. The number of ketones is 1. The topological polar surface area (TPSA) is 17.1 Å². The van der Waals surface area contributed by atoms with E-state index in [2.05, 4.69) is 38.1 Å². The summed E-state index contributed by atoms with van der Waals surface area (Å²) >= 11 is 0. The van der Waals surface area contributed by atoms with Gasteiger partial charge in [-0.05, 0) is 37.3 Å². The molecule has 0 spiro atoms. The zero-order chi connectivity index (χ0) is 11.3. The maximum absolute atomic E-state index is 11.2. The number of aryl methyl sites for hydroxylation is 1. The number of carbonyl (C=O) groups is 1. The van der Waals surface area contributed by atoms with E-state index in [4.69, 9.17) is 0 Å². The van der Waals surface area contributed by atoms with Crippen LogP contribution in [0.4, 0.5) is 0 Å². The zero-order valence-electron chi connectivity index (χ0n) is 9.92. The van der Waals surface area contributed by atoms with Gasteiger partial charge < -0.3 is 4.79 Å². The summed E-state index contributed by atoms with van der Waals surface area (Å²) in [4.78, 5) is 11.2. The molecule has 0 radical (unpaired) electrons. The fourth-order valence-electron chi connectivity index (χ4n) is 2.11. The van der Waals surface area contributed by atoms with Crippen molar-refractivity contribution in [3.63, 3.8) is 0 Å². The minimum Gasteiger partial charge on any atom is -0.300 e. The molecule has 0 aliphatic heterocycles. The third kappa shape index (κ3) is 3.50. The quantitative estimate of drug-likeness (QED) is 0.711. The number of hydrogen-bond donors (Lipinski definition) is 0. The van der Waals surface area contributed by atoms with E-state index >= 15 is 0 Å². The summed E-state index contributed by atoms with van der Waals surface area (Å²) in [7, 11) is 0. The Labute approximate surface area is 92.5 Å². The highest BCUT2D eigenvalue weighted by Gasteiger charge is 2.14. The highest BCUT2D eigenvalue weighted by Crippen LogP contribution is 2.27. The molecule has 1 aromatic carbocycles. The van der Waals surface area contributed by atoms with E-state index in [1.165, 1.54) is 11.1 Å². The Morgan fingerprint density at radius 1 is 1.33 bits per heavy atom.